The summed E-state index contributed by atoms with van der Waals surface area (Å²) in [6.45, 7) is 9.43. The van der Waals surface area contributed by atoms with Gasteiger partial charge in [0.05, 0.1) is 6.61 Å². The summed E-state index contributed by atoms with van der Waals surface area (Å²) in [5.74, 6) is 0. The second-order valence-electron chi connectivity index (χ2n) is 4.33. The Kier molecular flexibility index (Phi) is 9.28. The van der Waals surface area contributed by atoms with E-state index in [9.17, 15) is 0 Å². The van der Waals surface area contributed by atoms with Crippen molar-refractivity contribution in [1.29, 1.82) is 0 Å². The fourth-order valence-corrected chi connectivity index (χ4v) is 2.46. The molecular weight excluding hydrogens is 284 g/mol. The van der Waals surface area contributed by atoms with Gasteiger partial charge in [-0.3, -0.25) is 9.80 Å². The van der Waals surface area contributed by atoms with E-state index in [1.165, 1.54) is 32.7 Å². The van der Waals surface area contributed by atoms with Crippen molar-refractivity contribution >= 4 is 15.9 Å². The molecule has 0 spiro atoms. The Morgan fingerprint density at radius 1 is 0.941 bits per heavy atom. The molecule has 1 aliphatic rings. The molecule has 0 aromatic rings. The van der Waals surface area contributed by atoms with Crippen molar-refractivity contribution in [2.75, 3.05) is 71.5 Å². The van der Waals surface area contributed by atoms with E-state index in [1.807, 2.05) is 0 Å². The lowest BCUT2D eigenvalue weighted by Crippen LogP contribution is -2.47. The van der Waals surface area contributed by atoms with E-state index in [2.05, 4.69) is 25.7 Å². The first-order chi connectivity index (χ1) is 8.36. The first-order valence-electron chi connectivity index (χ1n) is 6.44. The van der Waals surface area contributed by atoms with Crippen molar-refractivity contribution in [2.45, 2.75) is 6.42 Å². The highest BCUT2D eigenvalue weighted by atomic mass is 79.9. The third-order valence-electron chi connectivity index (χ3n) is 3.05. The van der Waals surface area contributed by atoms with Crippen LogP contribution in [0.15, 0.2) is 0 Å². The molecule has 0 N–H and O–H groups in total. The number of ether oxygens (including phenoxy) is 2. The molecule has 1 aliphatic heterocycles. The first kappa shape index (κ1) is 15.4. The minimum atomic E-state index is 0.797. The topological polar surface area (TPSA) is 24.9 Å². The van der Waals surface area contributed by atoms with Crippen LogP contribution in [0.5, 0.6) is 0 Å². The van der Waals surface area contributed by atoms with Crippen LogP contribution in [-0.2, 0) is 9.47 Å². The maximum atomic E-state index is 5.57. The Hall–Kier alpha value is 0.320. The second kappa shape index (κ2) is 10.3. The zero-order chi connectivity index (χ0) is 12.3. The highest BCUT2D eigenvalue weighted by Gasteiger charge is 2.15. The quantitative estimate of drug-likeness (QED) is 0.470. The van der Waals surface area contributed by atoms with Crippen LogP contribution in [0.2, 0.25) is 0 Å². The van der Waals surface area contributed by atoms with E-state index in [0.29, 0.717) is 0 Å². The summed E-state index contributed by atoms with van der Waals surface area (Å²) in [5, 5.41) is 1.08. The molecule has 0 aliphatic carbocycles. The van der Waals surface area contributed by atoms with Crippen LogP contribution in [0, 0.1) is 0 Å². The Morgan fingerprint density at radius 2 is 1.59 bits per heavy atom. The molecule has 1 rings (SSSR count). The lowest BCUT2D eigenvalue weighted by Gasteiger charge is -2.34. The molecule has 17 heavy (non-hydrogen) atoms. The first-order valence-corrected chi connectivity index (χ1v) is 7.56. The number of piperazine rings is 1. The predicted octanol–water partition coefficient (Wildman–Crippen LogP) is 1.05. The number of halogens is 1. The molecule has 0 atom stereocenters. The molecule has 0 radical (unpaired) electrons. The highest BCUT2D eigenvalue weighted by molar-refractivity contribution is 9.09. The predicted molar refractivity (Wildman–Crippen MR) is 74.0 cm³/mol. The van der Waals surface area contributed by atoms with E-state index < -0.39 is 0 Å². The van der Waals surface area contributed by atoms with Gasteiger partial charge in [0.2, 0.25) is 0 Å². The molecule has 0 bridgehead atoms. The maximum absolute atomic E-state index is 5.57. The average Bonchev–Trinajstić information content (AvgIpc) is 2.36. The Morgan fingerprint density at radius 3 is 2.18 bits per heavy atom. The van der Waals surface area contributed by atoms with Crippen molar-refractivity contribution in [1.82, 2.24) is 9.80 Å². The van der Waals surface area contributed by atoms with Crippen LogP contribution in [0.1, 0.15) is 6.42 Å². The zero-order valence-electron chi connectivity index (χ0n) is 10.9. The smallest absolute Gasteiger partial charge is 0.0593 e. The summed E-state index contributed by atoms with van der Waals surface area (Å²) in [6.07, 6.45) is 0.996. The van der Waals surface area contributed by atoms with Crippen molar-refractivity contribution in [3.8, 4) is 0 Å². The number of alkyl halides is 1. The third kappa shape index (κ3) is 7.36. The molecule has 0 amide bonds. The SMILES string of the molecule is COCCCOCCN1CCN(CCBr)CC1. The van der Waals surface area contributed by atoms with Gasteiger partial charge in [-0.25, -0.2) is 0 Å². The van der Waals surface area contributed by atoms with Gasteiger partial charge >= 0.3 is 0 Å². The van der Waals surface area contributed by atoms with Gasteiger partial charge in [0.15, 0.2) is 0 Å². The van der Waals surface area contributed by atoms with E-state index in [4.69, 9.17) is 9.47 Å². The fourth-order valence-electron chi connectivity index (χ4n) is 1.96. The summed E-state index contributed by atoms with van der Waals surface area (Å²) in [7, 11) is 1.73. The molecule has 5 heteroatoms. The molecule has 0 aromatic carbocycles. The summed E-state index contributed by atoms with van der Waals surface area (Å²) >= 11 is 3.49. The van der Waals surface area contributed by atoms with Crippen LogP contribution >= 0.6 is 15.9 Å². The van der Waals surface area contributed by atoms with Gasteiger partial charge in [0.1, 0.15) is 0 Å². The molecule has 1 fully saturated rings. The van der Waals surface area contributed by atoms with Gasteiger partial charge in [-0.05, 0) is 6.42 Å². The van der Waals surface area contributed by atoms with Crippen molar-refractivity contribution < 1.29 is 9.47 Å². The van der Waals surface area contributed by atoms with Crippen molar-refractivity contribution in [3.05, 3.63) is 0 Å². The van der Waals surface area contributed by atoms with Gasteiger partial charge in [-0.2, -0.15) is 0 Å². The summed E-state index contributed by atoms with van der Waals surface area (Å²) in [5.41, 5.74) is 0. The van der Waals surface area contributed by atoms with Gasteiger partial charge in [-0.15, -0.1) is 0 Å². The van der Waals surface area contributed by atoms with Crippen LogP contribution in [0.3, 0.4) is 0 Å². The van der Waals surface area contributed by atoms with Crippen molar-refractivity contribution in [3.63, 3.8) is 0 Å². The molecule has 1 heterocycles. The standard InChI is InChI=1S/C12H25BrN2O2/c1-16-10-2-11-17-12-9-15-7-5-14(4-3-13)6-8-15/h2-12H2,1H3. The van der Waals surface area contributed by atoms with Gasteiger partial charge < -0.3 is 9.47 Å². The van der Waals surface area contributed by atoms with E-state index in [-0.39, 0.29) is 0 Å². The molecule has 4 nitrogen and oxygen atoms in total. The number of methoxy groups -OCH3 is 1. The van der Waals surface area contributed by atoms with Gasteiger partial charge in [0.25, 0.3) is 0 Å². The largest absolute Gasteiger partial charge is 0.385 e. The van der Waals surface area contributed by atoms with E-state index in [0.717, 1.165) is 38.1 Å². The van der Waals surface area contributed by atoms with Crippen LogP contribution < -0.4 is 0 Å². The molecule has 1 saturated heterocycles. The van der Waals surface area contributed by atoms with Crippen LogP contribution in [0.25, 0.3) is 0 Å². The summed E-state index contributed by atoms with van der Waals surface area (Å²) in [6, 6.07) is 0. The minimum absolute atomic E-state index is 0.797. The fraction of sp³-hybridized carbons (Fsp3) is 1.00. The molecule has 102 valence electrons. The minimum Gasteiger partial charge on any atom is -0.385 e. The second-order valence-corrected chi connectivity index (χ2v) is 5.12. The Bertz CT molecular complexity index is 176. The Balaban J connectivity index is 1.91. The van der Waals surface area contributed by atoms with E-state index in [1.54, 1.807) is 7.11 Å². The highest BCUT2D eigenvalue weighted by Crippen LogP contribution is 2.01. The van der Waals surface area contributed by atoms with Crippen molar-refractivity contribution in [2.24, 2.45) is 0 Å². The Labute approximate surface area is 113 Å². The third-order valence-corrected chi connectivity index (χ3v) is 3.41. The van der Waals surface area contributed by atoms with Crippen LogP contribution in [-0.4, -0.2) is 81.3 Å². The maximum Gasteiger partial charge on any atom is 0.0593 e. The van der Waals surface area contributed by atoms with Crippen LogP contribution in [0.4, 0.5) is 0 Å². The lowest BCUT2D eigenvalue weighted by atomic mass is 10.3. The number of hydrogen-bond donors (Lipinski definition) is 0. The number of hydrogen-bond acceptors (Lipinski definition) is 4. The molecule has 0 aromatic heterocycles. The van der Waals surface area contributed by atoms with Gasteiger partial charge in [0, 0.05) is 64.9 Å². The number of rotatable bonds is 9. The lowest BCUT2D eigenvalue weighted by molar-refractivity contribution is 0.0664. The molecule has 0 unspecified atom stereocenters. The zero-order valence-corrected chi connectivity index (χ0v) is 12.5. The number of nitrogens with zero attached hydrogens (tertiary/aromatic N) is 2. The van der Waals surface area contributed by atoms with Gasteiger partial charge in [-0.1, -0.05) is 15.9 Å². The summed E-state index contributed by atoms with van der Waals surface area (Å²) < 4.78 is 10.5. The average molecular weight is 309 g/mol. The van der Waals surface area contributed by atoms with E-state index >= 15 is 0 Å². The summed E-state index contributed by atoms with van der Waals surface area (Å²) in [4.78, 5) is 4.99. The normalized spacial score (nSPS) is 18.7. The molecule has 0 saturated carbocycles. The molecular formula is C12H25BrN2O2. The monoisotopic (exact) mass is 308 g/mol.